The Bertz CT molecular complexity index is 2370. The number of cyclic esters (lactones) is 1. The number of hydrogen-bond donors (Lipinski definition) is 3. The van der Waals surface area contributed by atoms with Crippen molar-refractivity contribution in [3.8, 4) is 0 Å². The number of carbonyl (C=O) groups excluding carboxylic acids is 10. The summed E-state index contributed by atoms with van der Waals surface area (Å²) in [6, 6.07) is -9.31. The fraction of sp³-hybridized carbons (Fsp3) is 0.851. The highest BCUT2D eigenvalue weighted by molar-refractivity contribution is 5.99. The number of rotatable bonds is 21. The van der Waals surface area contributed by atoms with Gasteiger partial charge >= 0.3 is 5.97 Å². The highest BCUT2D eigenvalue weighted by Crippen LogP contribution is 2.32. The smallest absolute Gasteiger partial charge is 0.325 e. The maximum Gasteiger partial charge on any atom is 0.325 e. The van der Waals surface area contributed by atoms with Crippen molar-refractivity contribution in [2.75, 3.05) is 60.4 Å². The fourth-order valence-corrected chi connectivity index (χ4v) is 14.4. The third-order valence-corrected chi connectivity index (χ3v) is 19.0. The van der Waals surface area contributed by atoms with Crippen LogP contribution in [0.4, 0.5) is 0 Å². The van der Waals surface area contributed by atoms with E-state index in [0.29, 0.717) is 32.2 Å². The molecule has 0 radical (unpaired) electrons. The molecule has 0 aliphatic carbocycles. The van der Waals surface area contributed by atoms with Gasteiger partial charge in [0.05, 0.1) is 6.04 Å². The van der Waals surface area contributed by atoms with Crippen LogP contribution in [0.15, 0.2) is 0 Å². The molecule has 0 aromatic heterocycles. The van der Waals surface area contributed by atoms with E-state index in [4.69, 9.17) is 4.74 Å². The van der Waals surface area contributed by atoms with Crippen LogP contribution in [0.3, 0.4) is 0 Å². The molecule has 21 heteroatoms. The van der Waals surface area contributed by atoms with Gasteiger partial charge in [-0.3, -0.25) is 52.8 Å². The predicted molar refractivity (Wildman–Crippen MR) is 340 cm³/mol. The molecule has 0 aromatic rings. The third kappa shape index (κ3) is 19.8. The summed E-state index contributed by atoms with van der Waals surface area (Å²) in [6.07, 6.45) is 15.2. The molecule has 5 saturated heterocycles. The van der Waals surface area contributed by atoms with E-state index >= 15 is 14.4 Å². The lowest BCUT2D eigenvalue weighted by Crippen LogP contribution is -2.62. The standard InChI is InChI=1S/C67H116N10O11/c1-16-17-18-19-20-21-22-23-24-26-31-74-32-27-25-29-51(74)66(86)77-41-47(11)38-55(77)65(85)73(15)58-48(12)88-56(78)39-68-59(79)53(36-44(6)7)71(13)64(84)52-30-28-33-75(52)67(87)57(45(8)9)72(14)62(82)49(34-42(2)3)69-60(80)54-37-46(10)40-76(54)63(83)50(35-43(4)5)70-61(58)81/h42-55,57-58H,16-41H2,1-15H3,(H,68,79)(H,69,80)(H,70,81)/t46-,47-,48-,49+,50+,51?,52+,53-,54+,55+,57+,58+/m1/s1. The highest BCUT2D eigenvalue weighted by atomic mass is 16.5. The van der Waals surface area contributed by atoms with E-state index in [1.165, 1.54) is 97.5 Å². The van der Waals surface area contributed by atoms with E-state index in [9.17, 15) is 33.6 Å². The number of unbranched alkanes of at least 4 members (excludes halogenated alkanes) is 9. The van der Waals surface area contributed by atoms with Gasteiger partial charge in [-0.05, 0) is 120 Å². The van der Waals surface area contributed by atoms with Gasteiger partial charge < -0.3 is 50.1 Å². The lowest BCUT2D eigenvalue weighted by atomic mass is 9.97. The van der Waals surface area contributed by atoms with E-state index in [1.54, 1.807) is 4.90 Å². The van der Waals surface area contributed by atoms with E-state index < -0.39 is 126 Å². The van der Waals surface area contributed by atoms with Gasteiger partial charge in [-0.15, -0.1) is 0 Å². The Morgan fingerprint density at radius 3 is 1.77 bits per heavy atom. The molecule has 5 aliphatic heterocycles. The van der Waals surface area contributed by atoms with Crippen LogP contribution < -0.4 is 16.0 Å². The van der Waals surface area contributed by atoms with Crippen molar-refractivity contribution in [3.63, 3.8) is 0 Å². The van der Waals surface area contributed by atoms with Gasteiger partial charge in [0.15, 0.2) is 0 Å². The van der Waals surface area contributed by atoms with Crippen molar-refractivity contribution in [1.82, 2.24) is 50.2 Å². The molecule has 9 amide bonds. The first-order valence-electron chi connectivity index (χ1n) is 34.1. The number of likely N-dealkylation sites (tertiary alicyclic amines) is 2. The molecule has 5 aliphatic rings. The Morgan fingerprint density at radius 2 is 1.17 bits per heavy atom. The minimum absolute atomic E-state index is 0.0464. The molecule has 21 nitrogen and oxygen atoms in total. The summed E-state index contributed by atoms with van der Waals surface area (Å²) < 4.78 is 6.02. The summed E-state index contributed by atoms with van der Waals surface area (Å²) in [5.41, 5.74) is 0. The van der Waals surface area contributed by atoms with E-state index in [0.717, 1.165) is 45.2 Å². The normalized spacial score (nSPS) is 29.1. The molecule has 500 valence electrons. The van der Waals surface area contributed by atoms with Gasteiger partial charge in [-0.25, -0.2) is 0 Å². The zero-order chi connectivity index (χ0) is 65.3. The number of hydrogen-bond acceptors (Lipinski definition) is 12. The summed E-state index contributed by atoms with van der Waals surface area (Å²) in [7, 11) is 4.48. The number of amides is 9. The topological polar surface area (TPSA) is 239 Å². The van der Waals surface area contributed by atoms with Crippen molar-refractivity contribution < 1.29 is 52.7 Å². The zero-order valence-corrected chi connectivity index (χ0v) is 56.7. The molecule has 88 heavy (non-hydrogen) atoms. The van der Waals surface area contributed by atoms with Crippen LogP contribution in [0, 0.1) is 35.5 Å². The molecule has 5 fully saturated rings. The number of esters is 1. The third-order valence-electron chi connectivity index (χ3n) is 19.0. The summed E-state index contributed by atoms with van der Waals surface area (Å²) in [5.74, 6) is -6.54. The second kappa shape index (κ2) is 34.7. The van der Waals surface area contributed by atoms with Crippen molar-refractivity contribution in [2.45, 2.75) is 272 Å². The van der Waals surface area contributed by atoms with Crippen LogP contribution in [0.2, 0.25) is 0 Å². The number of carbonyl (C=O) groups is 10. The maximum absolute atomic E-state index is 15.3. The molecule has 3 N–H and O–H groups in total. The molecule has 12 atom stereocenters. The molecule has 0 bridgehead atoms. The Hall–Kier alpha value is -5.34. The minimum atomic E-state index is -1.56. The largest absolute Gasteiger partial charge is 0.459 e. The molecule has 0 spiro atoms. The Labute approximate surface area is 527 Å². The van der Waals surface area contributed by atoms with Gasteiger partial charge in [0, 0.05) is 40.8 Å². The minimum Gasteiger partial charge on any atom is -0.459 e. The summed E-state index contributed by atoms with van der Waals surface area (Å²) in [5, 5.41) is 8.61. The van der Waals surface area contributed by atoms with Crippen LogP contribution in [-0.4, -0.2) is 214 Å². The molecular weight excluding hydrogens is 1120 g/mol. The second-order valence-corrected chi connectivity index (χ2v) is 28.5. The molecule has 5 rings (SSSR count). The highest BCUT2D eigenvalue weighted by Gasteiger charge is 2.49. The van der Waals surface area contributed by atoms with E-state index in [1.807, 2.05) is 69.2 Å². The molecular formula is C67H116N10O11. The number of nitrogens with zero attached hydrogens (tertiary/aromatic N) is 7. The Balaban J connectivity index is 1.51. The van der Waals surface area contributed by atoms with Gasteiger partial charge in [0.25, 0.3) is 0 Å². The van der Waals surface area contributed by atoms with Crippen LogP contribution >= 0.6 is 0 Å². The maximum atomic E-state index is 15.3. The number of piperidine rings is 1. The van der Waals surface area contributed by atoms with Crippen LogP contribution in [0.25, 0.3) is 0 Å². The number of ether oxygens (including phenoxy) is 1. The predicted octanol–water partition coefficient (Wildman–Crippen LogP) is 6.53. The quantitative estimate of drug-likeness (QED) is 0.0821. The van der Waals surface area contributed by atoms with Gasteiger partial charge in [0.2, 0.25) is 53.2 Å². The van der Waals surface area contributed by atoms with Gasteiger partial charge in [0.1, 0.15) is 61.0 Å². The molecule has 1 unspecified atom stereocenters. The van der Waals surface area contributed by atoms with Crippen molar-refractivity contribution in [2.24, 2.45) is 35.5 Å². The molecule has 0 aromatic carbocycles. The Kier molecular flexibility index (Phi) is 29.0. The average Bonchev–Trinajstić information content (AvgIpc) is 1.73. The van der Waals surface area contributed by atoms with Crippen molar-refractivity contribution in [1.29, 1.82) is 0 Å². The van der Waals surface area contributed by atoms with Gasteiger partial charge in [-0.1, -0.05) is 140 Å². The first-order valence-corrected chi connectivity index (χ1v) is 34.1. The lowest BCUT2D eigenvalue weighted by molar-refractivity contribution is -0.160. The van der Waals surface area contributed by atoms with Gasteiger partial charge in [-0.2, -0.15) is 0 Å². The lowest BCUT2D eigenvalue weighted by Gasteiger charge is -2.39. The van der Waals surface area contributed by atoms with Crippen LogP contribution in [-0.2, 0) is 52.7 Å². The SMILES string of the molecule is CCCCCCCCCCCCN1CCCCC1C(=O)N1C[C@H](C)C[C@H]1C(=O)N(C)[C@@H]1C(=O)N[C@@H](CC(C)C)C(=O)N2C[C@H](C)C[C@H]2C(=O)N[C@@H](CC(C)C)C(=O)N(C)[C@@H](C(C)C)C(=O)N2CCC[C@H]2C(=O)N(C)[C@H](CC(C)C)C(=O)NCC(=O)O[C@@H]1C. The second-order valence-electron chi connectivity index (χ2n) is 28.5. The molecule has 5 heterocycles. The fourth-order valence-electron chi connectivity index (χ4n) is 14.4. The Morgan fingerprint density at radius 1 is 0.591 bits per heavy atom. The van der Waals surface area contributed by atoms with Crippen molar-refractivity contribution in [3.05, 3.63) is 0 Å². The number of nitrogens with one attached hydrogen (secondary N) is 3. The molecule has 0 saturated carbocycles. The number of likely N-dealkylation sites (N-methyl/N-ethyl adjacent to an activating group) is 3. The zero-order valence-electron chi connectivity index (χ0n) is 56.7. The monoisotopic (exact) mass is 1240 g/mol. The number of fused-ring (bicyclic) bond motifs is 2. The summed E-state index contributed by atoms with van der Waals surface area (Å²) in [4.78, 5) is 159. The average molecular weight is 1240 g/mol. The van der Waals surface area contributed by atoms with Crippen LogP contribution in [0.1, 0.15) is 212 Å². The first kappa shape index (κ1) is 73.4. The summed E-state index contributed by atoms with van der Waals surface area (Å²) >= 11 is 0. The summed E-state index contributed by atoms with van der Waals surface area (Å²) in [6.45, 7) is 24.3. The van der Waals surface area contributed by atoms with E-state index in [2.05, 4.69) is 27.8 Å². The van der Waals surface area contributed by atoms with E-state index in [-0.39, 0.29) is 74.3 Å². The van der Waals surface area contributed by atoms with Crippen molar-refractivity contribution >= 4 is 59.1 Å². The first-order chi connectivity index (χ1) is 41.6. The van der Waals surface area contributed by atoms with Crippen LogP contribution in [0.5, 0.6) is 0 Å².